The molecule has 0 radical (unpaired) electrons. The average Bonchev–Trinajstić information content (AvgIpc) is 2.72. The van der Waals surface area contributed by atoms with Crippen LogP contribution in [0, 0.1) is 0 Å². The number of pyridine rings is 1. The van der Waals surface area contributed by atoms with Gasteiger partial charge in [0.2, 0.25) is 15.9 Å². The van der Waals surface area contributed by atoms with E-state index in [0.29, 0.717) is 0 Å². The molecule has 0 saturated carbocycles. The predicted molar refractivity (Wildman–Crippen MR) is 75.9 cm³/mol. The maximum Gasteiger partial charge on any atom is 0.416 e. The van der Waals surface area contributed by atoms with E-state index in [4.69, 9.17) is 0 Å². The van der Waals surface area contributed by atoms with E-state index in [-0.39, 0.29) is 31.6 Å². The van der Waals surface area contributed by atoms with Crippen LogP contribution in [0.4, 0.5) is 13.2 Å². The van der Waals surface area contributed by atoms with Gasteiger partial charge in [0, 0.05) is 38.4 Å². The van der Waals surface area contributed by atoms with Crippen molar-refractivity contribution in [2.24, 2.45) is 0 Å². The molecule has 2 rings (SSSR count). The lowest BCUT2D eigenvalue weighted by molar-refractivity contribution is -0.137. The number of carbonyl (C=O) groups is 1. The van der Waals surface area contributed by atoms with E-state index in [0.717, 1.165) is 22.6 Å². The maximum absolute atomic E-state index is 12.6. The van der Waals surface area contributed by atoms with E-state index in [1.807, 2.05) is 0 Å². The first-order valence-electron chi connectivity index (χ1n) is 6.87. The van der Waals surface area contributed by atoms with Crippen molar-refractivity contribution in [3.63, 3.8) is 0 Å². The Morgan fingerprint density at radius 2 is 2.17 bits per heavy atom. The zero-order chi connectivity index (χ0) is 17.3. The van der Waals surface area contributed by atoms with Gasteiger partial charge >= 0.3 is 6.18 Å². The highest BCUT2D eigenvalue weighted by atomic mass is 32.2. The van der Waals surface area contributed by atoms with Crippen LogP contribution in [0.25, 0.3) is 0 Å². The number of rotatable bonds is 4. The third kappa shape index (κ3) is 3.99. The van der Waals surface area contributed by atoms with Gasteiger partial charge in [-0.1, -0.05) is 0 Å². The van der Waals surface area contributed by atoms with Crippen molar-refractivity contribution in [3.8, 4) is 0 Å². The molecular weight excluding hydrogens is 335 g/mol. The van der Waals surface area contributed by atoms with Gasteiger partial charge in [-0.05, 0) is 18.6 Å². The van der Waals surface area contributed by atoms with Crippen molar-refractivity contribution < 1.29 is 26.4 Å². The zero-order valence-electron chi connectivity index (χ0n) is 12.3. The van der Waals surface area contributed by atoms with Gasteiger partial charge in [-0.2, -0.15) is 13.2 Å². The summed E-state index contributed by atoms with van der Waals surface area (Å²) in [6.45, 7) is 0.290. The fourth-order valence-corrected chi connectivity index (χ4v) is 3.83. The van der Waals surface area contributed by atoms with E-state index in [1.165, 1.54) is 7.05 Å². The van der Waals surface area contributed by atoms with Gasteiger partial charge in [0.1, 0.15) is 0 Å². The molecule has 1 aliphatic heterocycles. The molecule has 1 aromatic rings. The third-order valence-corrected chi connectivity index (χ3v) is 5.84. The molecule has 0 bridgehead atoms. The molecule has 1 aliphatic rings. The Morgan fingerprint density at radius 3 is 2.74 bits per heavy atom. The first-order valence-corrected chi connectivity index (χ1v) is 8.37. The van der Waals surface area contributed by atoms with Crippen molar-refractivity contribution in [3.05, 3.63) is 29.6 Å². The van der Waals surface area contributed by atoms with E-state index in [2.05, 4.69) is 10.3 Å². The summed E-state index contributed by atoms with van der Waals surface area (Å²) >= 11 is 0. The van der Waals surface area contributed by atoms with E-state index < -0.39 is 32.9 Å². The van der Waals surface area contributed by atoms with Gasteiger partial charge in [0.25, 0.3) is 0 Å². The number of amides is 1. The quantitative estimate of drug-likeness (QED) is 0.870. The number of hydrogen-bond acceptors (Lipinski definition) is 4. The van der Waals surface area contributed by atoms with Crippen LogP contribution >= 0.6 is 0 Å². The van der Waals surface area contributed by atoms with E-state index in [1.54, 1.807) is 0 Å². The maximum atomic E-state index is 12.6. The largest absolute Gasteiger partial charge is 0.416 e. The van der Waals surface area contributed by atoms with Gasteiger partial charge in [-0.15, -0.1) is 0 Å². The molecule has 0 unspecified atom stereocenters. The van der Waals surface area contributed by atoms with Gasteiger partial charge in [0.05, 0.1) is 5.56 Å². The smallest absolute Gasteiger partial charge is 0.355 e. The molecule has 1 atom stereocenters. The van der Waals surface area contributed by atoms with Gasteiger partial charge in [0.15, 0.2) is 5.25 Å². The Bertz CT molecular complexity index is 691. The number of nitrogens with zero attached hydrogens (tertiary/aromatic N) is 2. The second-order valence-corrected chi connectivity index (χ2v) is 7.44. The van der Waals surface area contributed by atoms with Crippen LogP contribution in [0.2, 0.25) is 0 Å². The van der Waals surface area contributed by atoms with Crippen molar-refractivity contribution in [2.45, 2.75) is 24.3 Å². The Morgan fingerprint density at radius 1 is 1.48 bits per heavy atom. The van der Waals surface area contributed by atoms with Crippen molar-refractivity contribution in [1.29, 1.82) is 0 Å². The fraction of sp³-hybridized carbons (Fsp3) is 0.538. The fourth-order valence-electron chi connectivity index (χ4n) is 2.28. The molecule has 1 amide bonds. The highest BCUT2D eigenvalue weighted by Gasteiger charge is 2.41. The topological polar surface area (TPSA) is 79.4 Å². The number of nitrogens with one attached hydrogen (secondary N) is 1. The Hall–Kier alpha value is -1.68. The summed E-state index contributed by atoms with van der Waals surface area (Å²) in [5, 5.41) is 1.30. The average molecular weight is 351 g/mol. The molecule has 0 aromatic carbocycles. The van der Waals surface area contributed by atoms with Crippen molar-refractivity contribution >= 4 is 15.9 Å². The van der Waals surface area contributed by atoms with Crippen molar-refractivity contribution in [2.75, 3.05) is 20.1 Å². The minimum atomic E-state index is -4.45. The highest BCUT2D eigenvalue weighted by molar-refractivity contribution is 7.90. The van der Waals surface area contributed by atoms with Crippen molar-refractivity contribution in [1.82, 2.24) is 14.6 Å². The summed E-state index contributed by atoms with van der Waals surface area (Å²) in [4.78, 5) is 15.7. The number of halogens is 3. The molecular formula is C13H16F3N3O3S. The minimum Gasteiger partial charge on any atom is -0.355 e. The molecule has 10 heteroatoms. The van der Waals surface area contributed by atoms with E-state index >= 15 is 0 Å². The van der Waals surface area contributed by atoms with Crippen LogP contribution in [0.15, 0.2) is 18.3 Å². The Kier molecular flexibility index (Phi) is 4.95. The lowest BCUT2D eigenvalue weighted by atomic mass is 10.2. The number of alkyl halides is 3. The third-order valence-electron chi connectivity index (χ3n) is 3.62. The summed E-state index contributed by atoms with van der Waals surface area (Å²) in [5.74, 6) is -0.638. The number of carbonyl (C=O) groups excluding carboxylic acids is 1. The summed E-state index contributed by atoms with van der Waals surface area (Å²) in [6.07, 6.45) is -3.12. The molecule has 23 heavy (non-hydrogen) atoms. The van der Waals surface area contributed by atoms with Gasteiger partial charge in [-0.25, -0.2) is 12.7 Å². The molecule has 0 spiro atoms. The zero-order valence-corrected chi connectivity index (χ0v) is 13.1. The minimum absolute atomic E-state index is 0.0167. The molecule has 1 saturated heterocycles. The van der Waals surface area contributed by atoms with Crippen LogP contribution in [0.3, 0.4) is 0 Å². The molecule has 128 valence electrons. The normalized spacial score (nSPS) is 21.3. The first kappa shape index (κ1) is 17.7. The summed E-state index contributed by atoms with van der Waals surface area (Å²) < 4.78 is 62.5. The van der Waals surface area contributed by atoms with Crippen LogP contribution in [-0.4, -0.2) is 49.0 Å². The van der Waals surface area contributed by atoms with Gasteiger partial charge in [-0.3, -0.25) is 9.78 Å². The highest BCUT2D eigenvalue weighted by Crippen LogP contribution is 2.29. The van der Waals surface area contributed by atoms with E-state index in [9.17, 15) is 26.4 Å². The summed E-state index contributed by atoms with van der Waals surface area (Å²) in [6, 6.07) is 1.77. The molecule has 1 N–H and O–H groups in total. The molecule has 1 fully saturated rings. The predicted octanol–water partition coefficient (Wildman–Crippen LogP) is 0.793. The lowest BCUT2D eigenvalue weighted by Crippen LogP contribution is -2.40. The van der Waals surface area contributed by atoms with Crippen LogP contribution in [-0.2, 0) is 27.4 Å². The molecule has 0 aliphatic carbocycles. The number of hydrogen-bond donors (Lipinski definition) is 1. The van der Waals surface area contributed by atoms with Crippen LogP contribution in [0.5, 0.6) is 0 Å². The molecule has 2 heterocycles. The standard InChI is InChI=1S/C13H16F3N3O3S/c1-19-7-4-11(23(19,21)22)12(20)18-6-3-10-8-9(2-5-17-10)13(14,15)16/h2,5,8,11H,3-4,6-7H2,1H3,(H,18,20)/t11-/m0/s1. The lowest BCUT2D eigenvalue weighted by Gasteiger charge is -2.12. The number of aromatic nitrogens is 1. The van der Waals surface area contributed by atoms with Crippen LogP contribution in [0.1, 0.15) is 17.7 Å². The summed E-state index contributed by atoms with van der Waals surface area (Å²) in [7, 11) is -2.23. The first-order chi connectivity index (χ1) is 10.6. The molecule has 6 nitrogen and oxygen atoms in total. The SMILES string of the molecule is CN1CC[C@@H](C(=O)NCCc2cc(C(F)(F)F)ccn2)S1(=O)=O. The Balaban J connectivity index is 1.92. The number of sulfonamides is 1. The van der Waals surface area contributed by atoms with Crippen LogP contribution < -0.4 is 5.32 Å². The van der Waals surface area contributed by atoms with Gasteiger partial charge < -0.3 is 5.32 Å². The molecule has 1 aromatic heterocycles. The second kappa shape index (κ2) is 6.44. The summed E-state index contributed by atoms with van der Waals surface area (Å²) in [5.41, 5.74) is -0.639. The monoisotopic (exact) mass is 351 g/mol. The second-order valence-electron chi connectivity index (χ2n) is 5.22. The Labute approximate surface area is 131 Å².